The number of hydrogen-bond donors (Lipinski definition) is 1. The number of carbonyl (C=O) groups excluding carboxylic acids is 2. The first-order valence-electron chi connectivity index (χ1n) is 13.8. The fraction of sp³-hybridized carbons (Fsp3) is 0.200. The zero-order valence-corrected chi connectivity index (χ0v) is 25.1. The van der Waals surface area contributed by atoms with Crippen LogP contribution in [-0.4, -0.2) is 32.6 Å². The molecular weight excluding hydrogens is 544 g/mol. The van der Waals surface area contributed by atoms with Crippen molar-refractivity contribution in [3.05, 3.63) is 123 Å². The first kappa shape index (κ1) is 29.0. The molecule has 1 N–H and O–H groups in total. The molecule has 0 unspecified atom stereocenters. The van der Waals surface area contributed by atoms with Crippen LogP contribution in [0.1, 0.15) is 38.2 Å². The highest BCUT2D eigenvalue weighted by Gasteiger charge is 2.29. The number of benzene rings is 4. The number of amides is 2. The lowest BCUT2D eigenvalue weighted by Crippen LogP contribution is -2.34. The van der Waals surface area contributed by atoms with Crippen LogP contribution < -0.4 is 19.7 Å². The molecule has 0 saturated heterocycles. The topological polar surface area (TPSA) is 67.9 Å². The van der Waals surface area contributed by atoms with Crippen LogP contribution in [0.15, 0.2) is 94.7 Å². The molecule has 42 heavy (non-hydrogen) atoms. The lowest BCUT2D eigenvalue weighted by molar-refractivity contribution is -0.114. The molecule has 0 aromatic heterocycles. The van der Waals surface area contributed by atoms with Gasteiger partial charge >= 0.3 is 0 Å². The van der Waals surface area contributed by atoms with Crippen molar-refractivity contribution in [3.8, 4) is 11.5 Å². The molecule has 0 radical (unpaired) electrons. The minimum atomic E-state index is -0.147. The van der Waals surface area contributed by atoms with Gasteiger partial charge in [0.1, 0.15) is 0 Å². The molecule has 6 nitrogen and oxygen atoms in total. The number of para-hydroxylation sites is 1. The first-order valence-corrected chi connectivity index (χ1v) is 14.6. The number of thioether (sulfide) groups is 1. The summed E-state index contributed by atoms with van der Waals surface area (Å²) in [6, 6.07) is 27.4. The lowest BCUT2D eigenvalue weighted by atomic mass is 10.0. The maximum absolute atomic E-state index is 13.7. The third-order valence-corrected chi connectivity index (χ3v) is 8.36. The van der Waals surface area contributed by atoms with E-state index in [1.807, 2.05) is 65.6 Å². The van der Waals surface area contributed by atoms with E-state index in [2.05, 4.69) is 37.4 Å². The van der Waals surface area contributed by atoms with Crippen molar-refractivity contribution in [2.24, 2.45) is 0 Å². The van der Waals surface area contributed by atoms with Gasteiger partial charge in [-0.3, -0.25) is 9.59 Å². The fourth-order valence-electron chi connectivity index (χ4n) is 4.90. The minimum Gasteiger partial charge on any atom is -0.493 e. The zero-order chi connectivity index (χ0) is 29.6. The Morgan fingerprint density at radius 3 is 2.43 bits per heavy atom. The number of hydrogen-bond acceptors (Lipinski definition) is 5. The summed E-state index contributed by atoms with van der Waals surface area (Å²) in [6.45, 7) is 5.14. The van der Waals surface area contributed by atoms with E-state index in [9.17, 15) is 9.59 Å². The van der Waals surface area contributed by atoms with Crippen molar-refractivity contribution < 1.29 is 19.1 Å². The molecule has 2 amide bonds. The predicted molar refractivity (Wildman–Crippen MR) is 169 cm³/mol. The zero-order valence-electron chi connectivity index (χ0n) is 24.3. The van der Waals surface area contributed by atoms with Gasteiger partial charge in [0.2, 0.25) is 0 Å². The van der Waals surface area contributed by atoms with Crippen molar-refractivity contribution >= 4 is 35.3 Å². The van der Waals surface area contributed by atoms with Crippen LogP contribution in [0.25, 0.3) is 6.08 Å². The van der Waals surface area contributed by atoms with Gasteiger partial charge in [-0.15, -0.1) is 0 Å². The van der Waals surface area contributed by atoms with Crippen molar-refractivity contribution in [2.45, 2.75) is 31.7 Å². The number of rotatable bonds is 9. The molecule has 5 rings (SSSR count). The van der Waals surface area contributed by atoms with Crippen molar-refractivity contribution in [2.75, 3.05) is 25.7 Å². The third-order valence-electron chi connectivity index (χ3n) is 7.28. The Morgan fingerprint density at radius 1 is 0.905 bits per heavy atom. The van der Waals surface area contributed by atoms with Gasteiger partial charge < -0.3 is 19.7 Å². The molecule has 1 aliphatic heterocycles. The third kappa shape index (κ3) is 6.52. The van der Waals surface area contributed by atoms with E-state index in [-0.39, 0.29) is 11.8 Å². The lowest BCUT2D eigenvalue weighted by Gasteiger charge is -2.31. The van der Waals surface area contributed by atoms with Gasteiger partial charge in [-0.1, -0.05) is 65.9 Å². The van der Waals surface area contributed by atoms with E-state index in [1.165, 1.54) is 17.3 Å². The monoisotopic (exact) mass is 578 g/mol. The second kappa shape index (κ2) is 13.0. The standard InChI is InChI=1S/C35H34N2O4S/c1-23-9-10-24(2)28(19-23)22-37-29-7-5-6-8-32(29)42-33(35(37)39)21-25-11-14-27(15-12-25)34(38)36-18-17-26-13-16-30(40-3)31(20-26)41-4/h5-16,19-21H,17-18,22H2,1-4H3,(H,36,38). The van der Waals surface area contributed by atoms with Crippen LogP contribution in [0.5, 0.6) is 11.5 Å². The van der Waals surface area contributed by atoms with E-state index in [4.69, 9.17) is 9.47 Å². The summed E-state index contributed by atoms with van der Waals surface area (Å²) in [5, 5.41) is 2.98. The van der Waals surface area contributed by atoms with Gasteiger partial charge in [0.15, 0.2) is 11.5 Å². The van der Waals surface area contributed by atoms with Gasteiger partial charge in [-0.2, -0.15) is 0 Å². The molecule has 0 bridgehead atoms. The van der Waals surface area contributed by atoms with Crippen LogP contribution in [0.2, 0.25) is 0 Å². The van der Waals surface area contributed by atoms with Crippen LogP contribution in [0, 0.1) is 13.8 Å². The predicted octanol–water partition coefficient (Wildman–Crippen LogP) is 6.97. The fourth-order valence-corrected chi connectivity index (χ4v) is 5.96. The normalized spacial score (nSPS) is 13.6. The number of carbonyl (C=O) groups is 2. The van der Waals surface area contributed by atoms with Crippen molar-refractivity contribution in [1.82, 2.24) is 5.32 Å². The van der Waals surface area contributed by atoms with Crippen LogP contribution in [0.3, 0.4) is 0 Å². The summed E-state index contributed by atoms with van der Waals surface area (Å²) in [7, 11) is 3.21. The summed E-state index contributed by atoms with van der Waals surface area (Å²) in [5.41, 5.74) is 6.85. The number of fused-ring (bicyclic) bond motifs is 1. The summed E-state index contributed by atoms with van der Waals surface area (Å²) in [6.07, 6.45) is 2.56. The van der Waals surface area contributed by atoms with E-state index < -0.39 is 0 Å². The van der Waals surface area contributed by atoms with Crippen molar-refractivity contribution in [3.63, 3.8) is 0 Å². The summed E-state index contributed by atoms with van der Waals surface area (Å²) in [4.78, 5) is 30.1. The second-order valence-corrected chi connectivity index (χ2v) is 11.3. The van der Waals surface area contributed by atoms with Crippen LogP contribution >= 0.6 is 11.8 Å². The van der Waals surface area contributed by atoms with Gasteiger partial charge in [-0.05, 0) is 85.0 Å². The molecule has 0 fully saturated rings. The first-order chi connectivity index (χ1) is 20.4. The molecule has 1 heterocycles. The highest BCUT2D eigenvalue weighted by molar-refractivity contribution is 8.04. The highest BCUT2D eigenvalue weighted by Crippen LogP contribution is 2.42. The Labute approximate surface area is 251 Å². The van der Waals surface area contributed by atoms with Gasteiger partial charge in [0.05, 0.1) is 31.4 Å². The van der Waals surface area contributed by atoms with E-state index >= 15 is 0 Å². The Balaban J connectivity index is 1.27. The number of ether oxygens (including phenoxy) is 2. The largest absolute Gasteiger partial charge is 0.493 e. The number of nitrogens with zero attached hydrogens (tertiary/aromatic N) is 1. The van der Waals surface area contributed by atoms with Gasteiger partial charge in [-0.25, -0.2) is 0 Å². The van der Waals surface area contributed by atoms with Gasteiger partial charge in [0.25, 0.3) is 11.8 Å². The molecule has 0 saturated carbocycles. The van der Waals surface area contributed by atoms with Crippen LogP contribution in [0.4, 0.5) is 5.69 Å². The minimum absolute atomic E-state index is 0.0309. The number of anilines is 1. The second-order valence-electron chi connectivity index (χ2n) is 10.2. The molecular formula is C35H34N2O4S. The average molecular weight is 579 g/mol. The summed E-state index contributed by atoms with van der Waals surface area (Å²) in [5.74, 6) is 1.16. The average Bonchev–Trinajstić information content (AvgIpc) is 3.01. The Kier molecular flexibility index (Phi) is 8.98. The Morgan fingerprint density at radius 2 is 1.67 bits per heavy atom. The van der Waals surface area contributed by atoms with Crippen molar-refractivity contribution in [1.29, 1.82) is 0 Å². The SMILES string of the molecule is COc1ccc(CCNC(=O)c2ccc(C=C3Sc4ccccc4N(Cc4cc(C)ccc4C)C3=O)cc2)cc1OC. The molecule has 214 valence electrons. The molecule has 4 aromatic rings. The molecule has 4 aromatic carbocycles. The van der Waals surface area contributed by atoms with Crippen LogP contribution in [-0.2, 0) is 17.8 Å². The quantitative estimate of drug-likeness (QED) is 0.217. The van der Waals surface area contributed by atoms with E-state index in [1.54, 1.807) is 26.4 Å². The number of nitrogens with one attached hydrogen (secondary N) is 1. The Bertz CT molecular complexity index is 1650. The summed E-state index contributed by atoms with van der Waals surface area (Å²) >= 11 is 1.48. The Hall–Kier alpha value is -4.49. The van der Waals surface area contributed by atoms with E-state index in [0.717, 1.165) is 32.8 Å². The molecule has 0 atom stereocenters. The molecule has 0 spiro atoms. The number of aryl methyl sites for hydroxylation is 2. The summed E-state index contributed by atoms with van der Waals surface area (Å²) < 4.78 is 10.6. The highest BCUT2D eigenvalue weighted by atomic mass is 32.2. The molecule has 7 heteroatoms. The maximum atomic E-state index is 13.7. The van der Waals surface area contributed by atoms with E-state index in [0.29, 0.717) is 41.5 Å². The van der Waals surface area contributed by atoms with Gasteiger partial charge in [0, 0.05) is 17.0 Å². The number of methoxy groups -OCH3 is 2. The smallest absolute Gasteiger partial charge is 0.265 e. The molecule has 1 aliphatic rings. The molecule has 0 aliphatic carbocycles. The maximum Gasteiger partial charge on any atom is 0.265 e.